The summed E-state index contributed by atoms with van der Waals surface area (Å²) in [5, 5.41) is 8.52. The normalized spacial score (nSPS) is 10.8. The lowest BCUT2D eigenvalue weighted by Gasteiger charge is -2.19. The van der Waals surface area contributed by atoms with E-state index in [0.29, 0.717) is 29.1 Å². The van der Waals surface area contributed by atoms with Crippen LogP contribution in [0, 0.1) is 5.82 Å². The Labute approximate surface area is 209 Å². The number of hydrogen-bond donors (Lipinski definition) is 0. The summed E-state index contributed by atoms with van der Waals surface area (Å²) in [5.41, 5.74) is 3.98. The molecular formula is C28H28FN3O4. The molecule has 0 N–H and O–H groups in total. The summed E-state index contributed by atoms with van der Waals surface area (Å²) >= 11 is 0. The molecule has 0 bridgehead atoms. The number of carbonyl (C=O) groups is 2. The maximum absolute atomic E-state index is 14.3. The van der Waals surface area contributed by atoms with E-state index in [2.05, 4.69) is 16.8 Å². The quantitative estimate of drug-likeness (QED) is 0.181. The number of carbonyl (C=O) groups excluding carboxylic acids is 2. The molecule has 0 saturated heterocycles. The van der Waals surface area contributed by atoms with E-state index in [4.69, 9.17) is 9.47 Å². The van der Waals surface area contributed by atoms with Gasteiger partial charge in [0.05, 0.1) is 30.1 Å². The molecule has 0 saturated carbocycles. The molecule has 0 aromatic heterocycles. The Morgan fingerprint density at radius 1 is 0.917 bits per heavy atom. The first-order valence-corrected chi connectivity index (χ1v) is 11.4. The van der Waals surface area contributed by atoms with Crippen LogP contribution in [0.1, 0.15) is 24.2 Å². The van der Waals surface area contributed by atoms with E-state index in [1.54, 1.807) is 32.0 Å². The number of anilines is 1. The van der Waals surface area contributed by atoms with Crippen LogP contribution in [0.3, 0.4) is 0 Å². The van der Waals surface area contributed by atoms with Crippen molar-refractivity contribution >= 4 is 29.0 Å². The van der Waals surface area contributed by atoms with Crippen LogP contribution >= 0.6 is 0 Å². The van der Waals surface area contributed by atoms with Crippen molar-refractivity contribution in [1.82, 2.24) is 0 Å². The van der Waals surface area contributed by atoms with Gasteiger partial charge < -0.3 is 14.4 Å². The molecule has 0 aliphatic carbocycles. The van der Waals surface area contributed by atoms with E-state index >= 15 is 0 Å². The van der Waals surface area contributed by atoms with E-state index < -0.39 is 17.8 Å². The lowest BCUT2D eigenvalue weighted by Crippen LogP contribution is -2.23. The van der Waals surface area contributed by atoms with Gasteiger partial charge in [0.25, 0.3) is 0 Å². The molecule has 7 nitrogen and oxygen atoms in total. The van der Waals surface area contributed by atoms with Crippen LogP contribution in [-0.4, -0.2) is 38.7 Å². The van der Waals surface area contributed by atoms with Crippen molar-refractivity contribution in [2.45, 2.75) is 13.8 Å². The Morgan fingerprint density at radius 2 is 1.50 bits per heavy atom. The summed E-state index contributed by atoms with van der Waals surface area (Å²) in [6.07, 6.45) is 0. The molecule has 3 aromatic rings. The zero-order valence-electron chi connectivity index (χ0n) is 20.5. The number of likely N-dealkylation sites (N-methyl/N-ethyl adjacent to an activating group) is 1. The Kier molecular flexibility index (Phi) is 9.05. The number of rotatable bonds is 10. The largest absolute Gasteiger partial charge is 0.462 e. The minimum atomic E-state index is -0.680. The topological polar surface area (TPSA) is 80.6 Å². The van der Waals surface area contributed by atoms with Crippen LogP contribution in [0.4, 0.5) is 21.5 Å². The molecule has 3 aromatic carbocycles. The molecule has 0 aliphatic rings. The van der Waals surface area contributed by atoms with Crippen LogP contribution < -0.4 is 4.90 Å². The second-order valence-corrected chi connectivity index (χ2v) is 8.02. The lowest BCUT2D eigenvalue weighted by atomic mass is 10.0. The van der Waals surface area contributed by atoms with Gasteiger partial charge in [0.15, 0.2) is 0 Å². The molecular weight excluding hydrogens is 461 g/mol. The maximum atomic E-state index is 14.3. The highest BCUT2D eigenvalue weighted by molar-refractivity contribution is 5.90. The molecule has 36 heavy (non-hydrogen) atoms. The summed E-state index contributed by atoms with van der Waals surface area (Å²) in [4.78, 5) is 25.2. The zero-order valence-corrected chi connectivity index (χ0v) is 20.5. The molecule has 3 rings (SSSR count). The van der Waals surface area contributed by atoms with Crippen molar-refractivity contribution in [1.29, 1.82) is 0 Å². The van der Waals surface area contributed by atoms with Gasteiger partial charge in [0.2, 0.25) is 0 Å². The third-order valence-corrected chi connectivity index (χ3v) is 5.24. The fourth-order valence-corrected chi connectivity index (χ4v) is 3.21. The predicted octanol–water partition coefficient (Wildman–Crippen LogP) is 6.64. The molecule has 0 amide bonds. The van der Waals surface area contributed by atoms with Crippen LogP contribution in [0.25, 0.3) is 11.1 Å². The van der Waals surface area contributed by atoms with E-state index in [1.807, 2.05) is 48.3 Å². The fourth-order valence-electron chi connectivity index (χ4n) is 3.21. The van der Waals surface area contributed by atoms with Crippen molar-refractivity contribution in [3.63, 3.8) is 0 Å². The highest BCUT2D eigenvalue weighted by Crippen LogP contribution is 2.26. The molecule has 0 atom stereocenters. The van der Waals surface area contributed by atoms with Crippen LogP contribution in [0.2, 0.25) is 0 Å². The second kappa shape index (κ2) is 12.4. The average molecular weight is 490 g/mol. The number of ether oxygens (including phenoxy) is 2. The number of halogens is 1. The van der Waals surface area contributed by atoms with Crippen molar-refractivity contribution in [2.24, 2.45) is 10.2 Å². The van der Waals surface area contributed by atoms with Crippen molar-refractivity contribution in [3.05, 3.63) is 90.3 Å². The van der Waals surface area contributed by atoms with Gasteiger partial charge in [-0.2, -0.15) is 10.2 Å². The second-order valence-electron chi connectivity index (χ2n) is 8.02. The van der Waals surface area contributed by atoms with E-state index in [1.165, 1.54) is 12.1 Å². The van der Waals surface area contributed by atoms with Crippen molar-refractivity contribution in [2.75, 3.05) is 31.7 Å². The Morgan fingerprint density at radius 3 is 2.06 bits per heavy atom. The highest BCUT2D eigenvalue weighted by Gasteiger charge is 2.13. The first kappa shape index (κ1) is 26.3. The first-order valence-electron chi connectivity index (χ1n) is 11.4. The first-order chi connectivity index (χ1) is 17.3. The number of nitrogens with zero attached hydrogens (tertiary/aromatic N) is 3. The summed E-state index contributed by atoms with van der Waals surface area (Å²) in [5.74, 6) is -1.70. The molecule has 0 spiro atoms. The van der Waals surface area contributed by atoms with Gasteiger partial charge >= 0.3 is 11.9 Å². The SMILES string of the molecule is C=C(C)C(=O)OCCN(C)c1ccc(/N=N/c2ccc(-c3ccc(C(=O)OCC)c(F)c3)cc2)cc1. The fraction of sp³-hybridized carbons (Fsp3) is 0.214. The molecule has 0 radical (unpaired) electrons. The number of azo groups is 1. The van der Waals surface area contributed by atoms with Gasteiger partial charge in [-0.25, -0.2) is 14.0 Å². The minimum Gasteiger partial charge on any atom is -0.462 e. The number of hydrogen-bond acceptors (Lipinski definition) is 7. The van der Waals surface area contributed by atoms with Gasteiger partial charge in [0.1, 0.15) is 12.4 Å². The summed E-state index contributed by atoms with van der Waals surface area (Å²) in [6.45, 7) is 7.84. The third kappa shape index (κ3) is 7.09. The average Bonchev–Trinajstić information content (AvgIpc) is 2.88. The predicted molar refractivity (Wildman–Crippen MR) is 137 cm³/mol. The van der Waals surface area contributed by atoms with Gasteiger partial charge in [0, 0.05) is 18.3 Å². The summed E-state index contributed by atoms with van der Waals surface area (Å²) < 4.78 is 24.3. The van der Waals surface area contributed by atoms with Gasteiger partial charge in [-0.1, -0.05) is 24.8 Å². The Hall–Kier alpha value is -4.33. The molecule has 0 fully saturated rings. The molecule has 0 unspecified atom stereocenters. The molecule has 186 valence electrons. The van der Waals surface area contributed by atoms with E-state index in [9.17, 15) is 14.0 Å². The number of benzene rings is 3. The molecule has 0 aliphatic heterocycles. The van der Waals surface area contributed by atoms with Gasteiger partial charge in [-0.3, -0.25) is 0 Å². The molecule has 0 heterocycles. The van der Waals surface area contributed by atoms with Crippen LogP contribution in [-0.2, 0) is 14.3 Å². The van der Waals surface area contributed by atoms with E-state index in [-0.39, 0.29) is 18.8 Å². The minimum absolute atomic E-state index is 0.0885. The van der Waals surface area contributed by atoms with Crippen molar-refractivity contribution < 1.29 is 23.5 Å². The third-order valence-electron chi connectivity index (χ3n) is 5.24. The summed E-state index contributed by atoms with van der Waals surface area (Å²) in [6, 6.07) is 19.1. The van der Waals surface area contributed by atoms with Gasteiger partial charge in [-0.15, -0.1) is 0 Å². The maximum Gasteiger partial charge on any atom is 0.341 e. The smallest absolute Gasteiger partial charge is 0.341 e. The monoisotopic (exact) mass is 489 g/mol. The van der Waals surface area contributed by atoms with Crippen LogP contribution in [0.15, 0.2) is 89.1 Å². The van der Waals surface area contributed by atoms with Crippen LogP contribution in [0.5, 0.6) is 0 Å². The molecule has 8 heteroatoms. The Bertz CT molecular complexity index is 1250. The van der Waals surface area contributed by atoms with E-state index in [0.717, 1.165) is 11.3 Å². The summed E-state index contributed by atoms with van der Waals surface area (Å²) in [7, 11) is 1.91. The lowest BCUT2D eigenvalue weighted by molar-refractivity contribution is -0.138. The highest BCUT2D eigenvalue weighted by atomic mass is 19.1. The number of esters is 2. The Balaban J connectivity index is 1.59. The van der Waals surface area contributed by atoms with Crippen molar-refractivity contribution in [3.8, 4) is 11.1 Å². The standard InChI is InChI=1S/C28H28FN3O4/c1-5-35-28(34)25-15-8-21(18-26(25)29)20-6-9-22(10-7-20)30-31-23-11-13-24(14-12-23)32(4)16-17-36-27(33)19(2)3/h6-15,18H,2,5,16-17H2,1,3-4H3/b31-30+. The van der Waals surface area contributed by atoms with Gasteiger partial charge in [-0.05, 0) is 73.5 Å². The zero-order chi connectivity index (χ0) is 26.1.